The first-order valence-electron chi connectivity index (χ1n) is 5.95. The molecule has 0 aromatic carbocycles. The molecule has 0 atom stereocenters. The first kappa shape index (κ1) is 12.0. The Morgan fingerprint density at radius 3 is 2.94 bits per heavy atom. The zero-order valence-electron chi connectivity index (χ0n) is 10.3. The zero-order valence-corrected chi connectivity index (χ0v) is 10.3. The molecule has 0 amide bonds. The van der Waals surface area contributed by atoms with Gasteiger partial charge in [0.15, 0.2) is 5.65 Å². The van der Waals surface area contributed by atoms with Gasteiger partial charge in [-0.3, -0.25) is 0 Å². The molecule has 0 bridgehead atoms. The third-order valence-electron chi connectivity index (χ3n) is 2.71. The first-order valence-corrected chi connectivity index (χ1v) is 5.95. The van der Waals surface area contributed by atoms with Crippen LogP contribution in [0, 0.1) is 0 Å². The summed E-state index contributed by atoms with van der Waals surface area (Å²) in [6.07, 6.45) is 5.80. The summed E-state index contributed by atoms with van der Waals surface area (Å²) in [7, 11) is 0. The van der Waals surface area contributed by atoms with Crippen LogP contribution in [0.25, 0.3) is 5.65 Å². The van der Waals surface area contributed by atoms with E-state index in [-0.39, 0.29) is 0 Å². The van der Waals surface area contributed by atoms with E-state index in [1.807, 2.05) is 23.1 Å². The van der Waals surface area contributed by atoms with Gasteiger partial charge in [0.05, 0.1) is 6.20 Å². The third kappa shape index (κ3) is 2.62. The molecular formula is C12H19N5. The van der Waals surface area contributed by atoms with E-state index in [1.54, 1.807) is 0 Å². The summed E-state index contributed by atoms with van der Waals surface area (Å²) in [5, 5.41) is 7.57. The fourth-order valence-corrected chi connectivity index (χ4v) is 1.77. The highest BCUT2D eigenvalue weighted by Gasteiger charge is 2.08. The van der Waals surface area contributed by atoms with Gasteiger partial charge < -0.3 is 11.1 Å². The van der Waals surface area contributed by atoms with Crippen molar-refractivity contribution < 1.29 is 0 Å². The van der Waals surface area contributed by atoms with Gasteiger partial charge in [-0.1, -0.05) is 13.8 Å². The molecule has 3 N–H and O–H groups in total. The molecule has 0 radical (unpaired) electrons. The number of hydrogen-bond acceptors (Lipinski definition) is 4. The van der Waals surface area contributed by atoms with E-state index >= 15 is 0 Å². The van der Waals surface area contributed by atoms with E-state index < -0.39 is 0 Å². The maximum atomic E-state index is 5.42. The summed E-state index contributed by atoms with van der Waals surface area (Å²) in [4.78, 5) is 4.47. The smallest absolute Gasteiger partial charge is 0.158 e. The van der Waals surface area contributed by atoms with Crippen LogP contribution in [0.3, 0.4) is 0 Å². The lowest BCUT2D eigenvalue weighted by atomic mass is 10.1. The van der Waals surface area contributed by atoms with Crippen LogP contribution in [0.4, 0.5) is 0 Å². The molecule has 0 aliphatic carbocycles. The van der Waals surface area contributed by atoms with E-state index in [2.05, 4.69) is 29.2 Å². The van der Waals surface area contributed by atoms with Crippen molar-refractivity contribution in [3.63, 3.8) is 0 Å². The van der Waals surface area contributed by atoms with Crippen molar-refractivity contribution in [2.75, 3.05) is 13.1 Å². The standard InChI is InChI=1S/C12H19N5/c1-9(2)11-7-16-17-8-10(5-14-4-3-13)6-15-12(11)17/h6-9,14H,3-5,13H2,1-2H3. The van der Waals surface area contributed by atoms with E-state index in [0.29, 0.717) is 12.5 Å². The lowest BCUT2D eigenvalue weighted by Gasteiger charge is -2.04. The van der Waals surface area contributed by atoms with E-state index in [9.17, 15) is 0 Å². The van der Waals surface area contributed by atoms with Crippen molar-refractivity contribution in [2.45, 2.75) is 26.3 Å². The van der Waals surface area contributed by atoms with Crippen molar-refractivity contribution in [3.8, 4) is 0 Å². The van der Waals surface area contributed by atoms with Gasteiger partial charge >= 0.3 is 0 Å². The molecule has 5 heteroatoms. The van der Waals surface area contributed by atoms with Gasteiger partial charge in [0.1, 0.15) is 0 Å². The average Bonchev–Trinajstić information content (AvgIpc) is 2.72. The molecule has 2 aromatic rings. The highest BCUT2D eigenvalue weighted by atomic mass is 15.2. The molecule has 0 saturated carbocycles. The second kappa shape index (κ2) is 5.25. The molecule has 17 heavy (non-hydrogen) atoms. The van der Waals surface area contributed by atoms with Crippen molar-refractivity contribution in [3.05, 3.63) is 29.7 Å². The summed E-state index contributed by atoms with van der Waals surface area (Å²) in [6.45, 7) is 6.53. The largest absolute Gasteiger partial charge is 0.329 e. The van der Waals surface area contributed by atoms with Gasteiger partial charge in [0.2, 0.25) is 0 Å². The molecule has 2 aromatic heterocycles. The zero-order chi connectivity index (χ0) is 12.3. The van der Waals surface area contributed by atoms with E-state index in [1.165, 1.54) is 5.56 Å². The number of hydrogen-bond donors (Lipinski definition) is 2. The normalized spacial score (nSPS) is 11.5. The summed E-state index contributed by atoms with van der Waals surface area (Å²) < 4.78 is 1.84. The van der Waals surface area contributed by atoms with Crippen LogP contribution in [-0.4, -0.2) is 27.7 Å². The molecule has 2 rings (SSSR count). The maximum absolute atomic E-state index is 5.42. The number of fused-ring (bicyclic) bond motifs is 1. The maximum Gasteiger partial charge on any atom is 0.158 e. The molecule has 0 fully saturated rings. The highest BCUT2D eigenvalue weighted by molar-refractivity contribution is 5.47. The van der Waals surface area contributed by atoms with Crippen molar-refractivity contribution in [1.29, 1.82) is 0 Å². The third-order valence-corrected chi connectivity index (χ3v) is 2.71. The highest BCUT2D eigenvalue weighted by Crippen LogP contribution is 2.18. The second-order valence-electron chi connectivity index (χ2n) is 4.45. The molecule has 0 unspecified atom stereocenters. The Morgan fingerprint density at radius 1 is 1.41 bits per heavy atom. The van der Waals surface area contributed by atoms with Crippen LogP contribution in [0.5, 0.6) is 0 Å². The predicted molar refractivity (Wildman–Crippen MR) is 67.8 cm³/mol. The molecule has 2 heterocycles. The van der Waals surface area contributed by atoms with Crippen LogP contribution in [0.15, 0.2) is 18.6 Å². The van der Waals surface area contributed by atoms with Gasteiger partial charge in [-0.15, -0.1) is 0 Å². The van der Waals surface area contributed by atoms with Gasteiger partial charge in [-0.2, -0.15) is 5.10 Å². The lowest BCUT2D eigenvalue weighted by molar-refractivity contribution is 0.688. The fraction of sp³-hybridized carbons (Fsp3) is 0.500. The number of nitrogens with zero attached hydrogens (tertiary/aromatic N) is 3. The quantitative estimate of drug-likeness (QED) is 0.753. The average molecular weight is 233 g/mol. The van der Waals surface area contributed by atoms with Crippen LogP contribution in [0.2, 0.25) is 0 Å². The predicted octanol–water partition coefficient (Wildman–Crippen LogP) is 0.901. The van der Waals surface area contributed by atoms with E-state index in [4.69, 9.17) is 5.73 Å². The Morgan fingerprint density at radius 2 is 2.24 bits per heavy atom. The molecule has 0 aliphatic heterocycles. The monoisotopic (exact) mass is 233 g/mol. The van der Waals surface area contributed by atoms with Gasteiger partial charge in [0.25, 0.3) is 0 Å². The SMILES string of the molecule is CC(C)c1cnn2cc(CNCCN)cnc12. The topological polar surface area (TPSA) is 68.2 Å². The minimum atomic E-state index is 0.446. The van der Waals surface area contributed by atoms with Crippen molar-refractivity contribution in [1.82, 2.24) is 19.9 Å². The number of rotatable bonds is 5. The minimum absolute atomic E-state index is 0.446. The Balaban J connectivity index is 2.20. The van der Waals surface area contributed by atoms with Crippen LogP contribution < -0.4 is 11.1 Å². The van der Waals surface area contributed by atoms with Crippen molar-refractivity contribution >= 4 is 5.65 Å². The Kier molecular flexibility index (Phi) is 3.71. The van der Waals surface area contributed by atoms with Gasteiger partial charge in [-0.25, -0.2) is 9.50 Å². The molecule has 0 saturated heterocycles. The minimum Gasteiger partial charge on any atom is -0.329 e. The summed E-state index contributed by atoms with van der Waals surface area (Å²) in [6, 6.07) is 0. The number of nitrogens with one attached hydrogen (secondary N) is 1. The second-order valence-corrected chi connectivity index (χ2v) is 4.45. The molecule has 0 spiro atoms. The molecular weight excluding hydrogens is 214 g/mol. The van der Waals surface area contributed by atoms with Gasteiger partial charge in [0, 0.05) is 43.2 Å². The lowest BCUT2D eigenvalue weighted by Crippen LogP contribution is -2.22. The van der Waals surface area contributed by atoms with Crippen molar-refractivity contribution in [2.24, 2.45) is 5.73 Å². The summed E-state index contributed by atoms with van der Waals surface area (Å²) >= 11 is 0. The number of aromatic nitrogens is 3. The Hall–Kier alpha value is -1.46. The van der Waals surface area contributed by atoms with Crippen LogP contribution >= 0.6 is 0 Å². The molecule has 5 nitrogen and oxygen atoms in total. The summed E-state index contributed by atoms with van der Waals surface area (Å²) in [5.74, 6) is 0.446. The molecule has 92 valence electrons. The van der Waals surface area contributed by atoms with Crippen LogP contribution in [-0.2, 0) is 6.54 Å². The first-order chi connectivity index (χ1) is 8.22. The molecule has 0 aliphatic rings. The van der Waals surface area contributed by atoms with Gasteiger partial charge in [-0.05, 0) is 5.92 Å². The summed E-state index contributed by atoms with van der Waals surface area (Å²) in [5.41, 5.74) is 8.67. The Labute approximate surface area is 101 Å². The van der Waals surface area contributed by atoms with E-state index in [0.717, 1.165) is 24.3 Å². The fourth-order valence-electron chi connectivity index (χ4n) is 1.77. The Bertz CT molecular complexity index is 489. The van der Waals surface area contributed by atoms with Crippen LogP contribution in [0.1, 0.15) is 30.9 Å². The number of nitrogens with two attached hydrogens (primary N) is 1.